The number of hydrogen-bond acceptors (Lipinski definition) is 7. The Kier molecular flexibility index (Phi) is 6.79. The van der Waals surface area contributed by atoms with Gasteiger partial charge in [0.05, 0.1) is 39.6 Å². The second-order valence-corrected chi connectivity index (χ2v) is 7.06. The van der Waals surface area contributed by atoms with Crippen molar-refractivity contribution in [1.29, 1.82) is 0 Å². The highest BCUT2D eigenvalue weighted by atomic mass is 16.7. The summed E-state index contributed by atoms with van der Waals surface area (Å²) in [5, 5.41) is 0. The zero-order valence-corrected chi connectivity index (χ0v) is 14.7. The average molecular weight is 333 g/mol. The van der Waals surface area contributed by atoms with Crippen molar-refractivity contribution in [2.75, 3.05) is 46.2 Å². The third-order valence-corrected chi connectivity index (χ3v) is 3.94. The highest BCUT2D eigenvalue weighted by Crippen LogP contribution is 2.20. The number of nitrogens with two attached hydrogens (primary N) is 1. The van der Waals surface area contributed by atoms with Crippen LogP contribution in [0.25, 0.3) is 0 Å². The first-order valence-electron chi connectivity index (χ1n) is 8.29. The van der Waals surface area contributed by atoms with Gasteiger partial charge in [-0.05, 0) is 34.2 Å². The molecular formula is C16H31NO6. The van der Waals surface area contributed by atoms with Gasteiger partial charge in [-0.25, -0.2) is 0 Å². The minimum atomic E-state index is -0.523. The molecule has 0 spiro atoms. The highest BCUT2D eigenvalue weighted by Gasteiger charge is 2.30. The summed E-state index contributed by atoms with van der Waals surface area (Å²) in [7, 11) is 0. The standard InChI is InChI=1S/C16H31NO6/c1-15(2)20-8-13(9-21-15)18-6-12(5-17)7-19-14-10-22-16(3,4)23-11-14/h12-14H,5-11,17H2,1-4H3. The first-order valence-corrected chi connectivity index (χ1v) is 8.29. The molecule has 0 aliphatic carbocycles. The van der Waals surface area contributed by atoms with Crippen molar-refractivity contribution >= 4 is 0 Å². The molecule has 0 aromatic heterocycles. The number of ether oxygens (including phenoxy) is 6. The van der Waals surface area contributed by atoms with E-state index in [1.807, 2.05) is 27.7 Å². The van der Waals surface area contributed by atoms with E-state index in [9.17, 15) is 0 Å². The lowest BCUT2D eigenvalue weighted by Gasteiger charge is -2.36. The zero-order chi connectivity index (χ0) is 16.9. The lowest BCUT2D eigenvalue weighted by atomic mass is 10.2. The van der Waals surface area contributed by atoms with E-state index < -0.39 is 11.6 Å². The molecule has 0 unspecified atom stereocenters. The maximum atomic E-state index is 5.83. The van der Waals surface area contributed by atoms with E-state index in [4.69, 9.17) is 34.2 Å². The van der Waals surface area contributed by atoms with Crippen LogP contribution >= 0.6 is 0 Å². The maximum Gasteiger partial charge on any atom is 0.163 e. The third-order valence-electron chi connectivity index (χ3n) is 3.94. The van der Waals surface area contributed by atoms with Crippen molar-refractivity contribution in [3.63, 3.8) is 0 Å². The van der Waals surface area contributed by atoms with Crippen LogP contribution in [0.5, 0.6) is 0 Å². The lowest BCUT2D eigenvalue weighted by molar-refractivity contribution is -0.284. The normalized spacial score (nSPS) is 25.8. The summed E-state index contributed by atoms with van der Waals surface area (Å²) >= 11 is 0. The average Bonchev–Trinajstić information content (AvgIpc) is 2.50. The number of hydrogen-bond donors (Lipinski definition) is 1. The van der Waals surface area contributed by atoms with Crippen LogP contribution in [0.2, 0.25) is 0 Å². The van der Waals surface area contributed by atoms with Gasteiger partial charge in [0.25, 0.3) is 0 Å². The fourth-order valence-corrected chi connectivity index (χ4v) is 2.28. The maximum absolute atomic E-state index is 5.83. The lowest BCUT2D eigenvalue weighted by Crippen LogP contribution is -2.45. The van der Waals surface area contributed by atoms with Crippen LogP contribution in [0.4, 0.5) is 0 Å². The van der Waals surface area contributed by atoms with Crippen molar-refractivity contribution in [3.8, 4) is 0 Å². The van der Waals surface area contributed by atoms with Crippen LogP contribution < -0.4 is 5.73 Å². The minimum absolute atomic E-state index is 0.0563. The van der Waals surface area contributed by atoms with Gasteiger partial charge in [-0.15, -0.1) is 0 Å². The molecule has 2 saturated heterocycles. The molecule has 0 aromatic carbocycles. The molecule has 0 atom stereocenters. The largest absolute Gasteiger partial charge is 0.373 e. The molecule has 2 fully saturated rings. The van der Waals surface area contributed by atoms with Gasteiger partial charge in [-0.3, -0.25) is 0 Å². The summed E-state index contributed by atoms with van der Waals surface area (Å²) in [6.45, 7) is 11.3. The monoisotopic (exact) mass is 333 g/mol. The Bertz CT molecular complexity index is 310. The molecule has 0 bridgehead atoms. The Morgan fingerprint density at radius 3 is 1.48 bits per heavy atom. The first kappa shape index (κ1) is 19.1. The van der Waals surface area contributed by atoms with Crippen molar-refractivity contribution in [2.24, 2.45) is 11.7 Å². The van der Waals surface area contributed by atoms with Gasteiger partial charge >= 0.3 is 0 Å². The summed E-state index contributed by atoms with van der Waals surface area (Å²) in [4.78, 5) is 0. The Balaban J connectivity index is 1.62. The first-order chi connectivity index (χ1) is 10.8. The van der Waals surface area contributed by atoms with Gasteiger partial charge in [0.1, 0.15) is 12.2 Å². The Morgan fingerprint density at radius 2 is 1.17 bits per heavy atom. The predicted octanol–water partition coefficient (Wildman–Crippen LogP) is 0.898. The quantitative estimate of drug-likeness (QED) is 0.741. The number of rotatable bonds is 7. The fourth-order valence-electron chi connectivity index (χ4n) is 2.28. The van der Waals surface area contributed by atoms with Crippen molar-refractivity contribution in [1.82, 2.24) is 0 Å². The van der Waals surface area contributed by atoms with E-state index in [0.717, 1.165) is 0 Å². The van der Waals surface area contributed by atoms with E-state index in [-0.39, 0.29) is 18.1 Å². The molecule has 7 nitrogen and oxygen atoms in total. The molecule has 0 amide bonds. The predicted molar refractivity (Wildman–Crippen MR) is 84.0 cm³/mol. The second-order valence-electron chi connectivity index (χ2n) is 7.06. The van der Waals surface area contributed by atoms with E-state index in [1.165, 1.54) is 0 Å². The van der Waals surface area contributed by atoms with Gasteiger partial charge in [-0.2, -0.15) is 0 Å². The molecule has 7 heteroatoms. The van der Waals surface area contributed by atoms with Gasteiger partial charge in [0.2, 0.25) is 0 Å². The summed E-state index contributed by atoms with van der Waals surface area (Å²) in [6.07, 6.45) is -0.113. The van der Waals surface area contributed by atoms with Crippen molar-refractivity contribution in [3.05, 3.63) is 0 Å². The van der Waals surface area contributed by atoms with Gasteiger partial charge in [-0.1, -0.05) is 0 Å². The minimum Gasteiger partial charge on any atom is -0.373 e. The Morgan fingerprint density at radius 1 is 0.826 bits per heavy atom. The summed E-state index contributed by atoms with van der Waals surface area (Å²) in [5.41, 5.74) is 5.81. The SMILES string of the molecule is CC1(C)OCC(OCC(CN)COC2COC(C)(C)OC2)CO1. The molecule has 2 heterocycles. The molecule has 0 saturated carbocycles. The van der Waals surface area contributed by atoms with Gasteiger partial charge in [0.15, 0.2) is 11.6 Å². The topological polar surface area (TPSA) is 81.4 Å². The van der Waals surface area contributed by atoms with Crippen molar-refractivity contribution in [2.45, 2.75) is 51.5 Å². The highest BCUT2D eigenvalue weighted by molar-refractivity contribution is 4.71. The molecule has 2 aliphatic rings. The van der Waals surface area contributed by atoms with Crippen LogP contribution in [0.1, 0.15) is 27.7 Å². The summed E-state index contributed by atoms with van der Waals surface area (Å²) in [5.74, 6) is -0.921. The Labute approximate surface area is 138 Å². The molecular weight excluding hydrogens is 302 g/mol. The summed E-state index contributed by atoms with van der Waals surface area (Å²) < 4.78 is 34.0. The second kappa shape index (κ2) is 8.20. The molecule has 2 aliphatic heterocycles. The third kappa shape index (κ3) is 6.62. The molecule has 2 N–H and O–H groups in total. The molecule has 0 radical (unpaired) electrons. The van der Waals surface area contributed by atoms with Crippen LogP contribution in [-0.2, 0) is 28.4 Å². The summed E-state index contributed by atoms with van der Waals surface area (Å²) in [6, 6.07) is 0. The zero-order valence-electron chi connectivity index (χ0n) is 14.7. The van der Waals surface area contributed by atoms with Gasteiger partial charge < -0.3 is 34.2 Å². The van der Waals surface area contributed by atoms with E-state index in [2.05, 4.69) is 0 Å². The van der Waals surface area contributed by atoms with Crippen molar-refractivity contribution < 1.29 is 28.4 Å². The van der Waals surface area contributed by atoms with E-state index in [1.54, 1.807) is 0 Å². The Hall–Kier alpha value is -0.280. The van der Waals surface area contributed by atoms with Crippen LogP contribution in [0.15, 0.2) is 0 Å². The molecule has 136 valence electrons. The molecule has 2 rings (SSSR count). The van der Waals surface area contributed by atoms with Gasteiger partial charge in [0, 0.05) is 5.92 Å². The molecule has 23 heavy (non-hydrogen) atoms. The fraction of sp³-hybridized carbons (Fsp3) is 1.00. The molecule has 0 aromatic rings. The van der Waals surface area contributed by atoms with Crippen LogP contribution in [0, 0.1) is 5.92 Å². The van der Waals surface area contributed by atoms with Crippen LogP contribution in [0.3, 0.4) is 0 Å². The smallest absolute Gasteiger partial charge is 0.163 e. The van der Waals surface area contributed by atoms with Crippen LogP contribution in [-0.4, -0.2) is 70.0 Å². The van der Waals surface area contributed by atoms with E-state index >= 15 is 0 Å². The van der Waals surface area contributed by atoms with E-state index in [0.29, 0.717) is 46.2 Å².